The smallest absolute Gasteiger partial charge is 0.264 e. The molecule has 1 fully saturated rings. The van der Waals surface area contributed by atoms with Gasteiger partial charge in [-0.2, -0.15) is 0 Å². The van der Waals surface area contributed by atoms with Gasteiger partial charge in [-0.3, -0.25) is 4.79 Å². The molecule has 10 heteroatoms. The monoisotopic (exact) mass is 454 g/mol. The van der Waals surface area contributed by atoms with Gasteiger partial charge in [-0.15, -0.1) is 0 Å². The number of para-hydroxylation sites is 1. The van der Waals surface area contributed by atoms with Gasteiger partial charge in [0.2, 0.25) is 5.95 Å². The van der Waals surface area contributed by atoms with Crippen LogP contribution in [0.15, 0.2) is 71.9 Å². The van der Waals surface area contributed by atoms with E-state index in [0.717, 1.165) is 19.4 Å². The van der Waals surface area contributed by atoms with Crippen molar-refractivity contribution in [3.63, 3.8) is 0 Å². The van der Waals surface area contributed by atoms with E-state index in [2.05, 4.69) is 20.0 Å². The molecule has 2 heterocycles. The number of anilines is 2. The van der Waals surface area contributed by atoms with Gasteiger partial charge in [-0.25, -0.2) is 23.1 Å². The summed E-state index contributed by atoms with van der Waals surface area (Å²) < 4.78 is 38.6. The molecular formula is C22H22N4O5S. The summed E-state index contributed by atoms with van der Waals surface area (Å²) in [6, 6.07) is 14.3. The number of hydrogen-bond donors (Lipinski definition) is 2. The normalized spacial score (nSPS) is 15.8. The van der Waals surface area contributed by atoms with Crippen LogP contribution in [-0.2, 0) is 14.8 Å². The van der Waals surface area contributed by atoms with Gasteiger partial charge in [0.1, 0.15) is 12.4 Å². The van der Waals surface area contributed by atoms with E-state index in [1.54, 1.807) is 30.3 Å². The molecule has 0 bridgehead atoms. The number of sulfonamides is 1. The highest BCUT2D eigenvalue weighted by molar-refractivity contribution is 7.92. The number of nitrogens with zero attached hydrogens (tertiary/aromatic N) is 2. The van der Waals surface area contributed by atoms with Crippen LogP contribution in [0.1, 0.15) is 23.2 Å². The fraction of sp³-hybridized carbons (Fsp3) is 0.227. The predicted octanol–water partition coefficient (Wildman–Crippen LogP) is 3.09. The average Bonchev–Trinajstić information content (AvgIpc) is 3.32. The number of ether oxygens (including phenoxy) is 2. The summed E-state index contributed by atoms with van der Waals surface area (Å²) in [5, 5.41) is 2.76. The molecule has 2 N–H and O–H groups in total. The van der Waals surface area contributed by atoms with Crippen LogP contribution < -0.4 is 14.8 Å². The maximum Gasteiger partial charge on any atom is 0.264 e. The van der Waals surface area contributed by atoms with Crippen LogP contribution in [0, 0.1) is 0 Å². The SMILES string of the molecule is O=C(Nc1ccc(S(=O)(=O)Nc2ncccn2)cc1)c1ccccc1OC[C@H]1CCCO1. The van der Waals surface area contributed by atoms with E-state index in [4.69, 9.17) is 9.47 Å². The lowest BCUT2D eigenvalue weighted by Gasteiger charge is -2.14. The second-order valence-electron chi connectivity index (χ2n) is 7.10. The third kappa shape index (κ3) is 5.40. The van der Waals surface area contributed by atoms with Crippen molar-refractivity contribution in [2.24, 2.45) is 0 Å². The number of benzene rings is 2. The summed E-state index contributed by atoms with van der Waals surface area (Å²) in [5.74, 6) is 0.0793. The summed E-state index contributed by atoms with van der Waals surface area (Å²) in [5.41, 5.74) is 0.823. The van der Waals surface area contributed by atoms with Crippen LogP contribution >= 0.6 is 0 Å². The topological polar surface area (TPSA) is 120 Å². The van der Waals surface area contributed by atoms with Crippen LogP contribution in [0.2, 0.25) is 0 Å². The molecule has 0 radical (unpaired) electrons. The molecule has 1 saturated heterocycles. The highest BCUT2D eigenvalue weighted by Gasteiger charge is 2.19. The molecule has 3 aromatic rings. The molecule has 2 aromatic carbocycles. The number of hydrogen-bond acceptors (Lipinski definition) is 7. The lowest BCUT2D eigenvalue weighted by atomic mass is 10.1. The van der Waals surface area contributed by atoms with Crippen molar-refractivity contribution in [3.8, 4) is 5.75 Å². The van der Waals surface area contributed by atoms with Crippen molar-refractivity contribution >= 4 is 27.6 Å². The van der Waals surface area contributed by atoms with Crippen molar-refractivity contribution < 1.29 is 22.7 Å². The Balaban J connectivity index is 1.42. The molecule has 1 aliphatic heterocycles. The zero-order chi connectivity index (χ0) is 22.4. The summed E-state index contributed by atoms with van der Waals surface area (Å²) in [6.45, 7) is 1.12. The molecule has 1 aliphatic rings. The third-order valence-electron chi connectivity index (χ3n) is 4.79. The first-order valence-electron chi connectivity index (χ1n) is 10.1. The zero-order valence-electron chi connectivity index (χ0n) is 17.1. The molecule has 1 amide bonds. The lowest BCUT2D eigenvalue weighted by Crippen LogP contribution is -2.19. The Kier molecular flexibility index (Phi) is 6.62. The first-order chi connectivity index (χ1) is 15.5. The van der Waals surface area contributed by atoms with Crippen molar-refractivity contribution in [2.75, 3.05) is 23.3 Å². The van der Waals surface area contributed by atoms with E-state index in [1.807, 2.05) is 0 Å². The Hall–Kier alpha value is -3.50. The summed E-state index contributed by atoms with van der Waals surface area (Å²) in [6.07, 6.45) is 4.86. The number of rotatable bonds is 8. The quantitative estimate of drug-likeness (QED) is 0.537. The minimum Gasteiger partial charge on any atom is -0.490 e. The van der Waals surface area contributed by atoms with Crippen LogP contribution in [0.4, 0.5) is 11.6 Å². The van der Waals surface area contributed by atoms with Crippen molar-refractivity contribution in [1.82, 2.24) is 9.97 Å². The van der Waals surface area contributed by atoms with Gasteiger partial charge in [0.25, 0.3) is 15.9 Å². The van der Waals surface area contributed by atoms with Gasteiger partial charge in [0.15, 0.2) is 0 Å². The zero-order valence-corrected chi connectivity index (χ0v) is 17.9. The number of amides is 1. The molecule has 0 aliphatic carbocycles. The molecule has 4 rings (SSSR count). The van der Waals surface area contributed by atoms with E-state index in [1.165, 1.54) is 36.7 Å². The molecule has 0 saturated carbocycles. The first kappa shape index (κ1) is 21.7. The largest absolute Gasteiger partial charge is 0.490 e. The standard InChI is InChI=1S/C22H22N4O5S/c27-21(19-6-1-2-7-20(19)31-15-17-5-3-14-30-17)25-16-8-10-18(11-9-16)32(28,29)26-22-23-12-4-13-24-22/h1-2,4,6-13,17H,3,5,14-15H2,(H,25,27)(H,23,24,26)/t17-/m1/s1. The minimum atomic E-state index is -3.85. The molecular weight excluding hydrogens is 432 g/mol. The minimum absolute atomic E-state index is 0.0169. The summed E-state index contributed by atoms with van der Waals surface area (Å²) >= 11 is 0. The van der Waals surface area contributed by atoms with Gasteiger partial charge in [-0.1, -0.05) is 12.1 Å². The Morgan fingerprint density at radius 1 is 1.06 bits per heavy atom. The van der Waals surface area contributed by atoms with Crippen molar-refractivity contribution in [3.05, 3.63) is 72.6 Å². The molecule has 32 heavy (non-hydrogen) atoms. The van der Waals surface area contributed by atoms with Gasteiger partial charge < -0.3 is 14.8 Å². The highest BCUT2D eigenvalue weighted by atomic mass is 32.2. The maximum absolute atomic E-state index is 12.8. The Bertz CT molecular complexity index is 1160. The highest BCUT2D eigenvalue weighted by Crippen LogP contribution is 2.22. The van der Waals surface area contributed by atoms with Crippen LogP contribution in [0.25, 0.3) is 0 Å². The fourth-order valence-electron chi connectivity index (χ4n) is 3.19. The van der Waals surface area contributed by atoms with Gasteiger partial charge in [-0.05, 0) is 55.3 Å². The summed E-state index contributed by atoms with van der Waals surface area (Å²) in [7, 11) is -3.85. The summed E-state index contributed by atoms with van der Waals surface area (Å²) in [4.78, 5) is 20.5. The Labute approximate surface area is 185 Å². The number of carbonyl (C=O) groups is 1. The number of aromatic nitrogens is 2. The molecule has 1 atom stereocenters. The van der Waals surface area contributed by atoms with E-state index in [-0.39, 0.29) is 22.9 Å². The molecule has 0 unspecified atom stereocenters. The van der Waals surface area contributed by atoms with E-state index < -0.39 is 10.0 Å². The van der Waals surface area contributed by atoms with E-state index in [0.29, 0.717) is 23.6 Å². The second kappa shape index (κ2) is 9.75. The maximum atomic E-state index is 12.8. The second-order valence-corrected chi connectivity index (χ2v) is 8.78. The van der Waals surface area contributed by atoms with E-state index >= 15 is 0 Å². The van der Waals surface area contributed by atoms with Gasteiger partial charge in [0.05, 0.1) is 16.6 Å². The van der Waals surface area contributed by atoms with E-state index in [9.17, 15) is 13.2 Å². The van der Waals surface area contributed by atoms with Crippen molar-refractivity contribution in [2.45, 2.75) is 23.8 Å². The first-order valence-corrected chi connectivity index (χ1v) is 11.5. The fourth-order valence-corrected chi connectivity index (χ4v) is 4.14. The molecule has 166 valence electrons. The van der Waals surface area contributed by atoms with Crippen molar-refractivity contribution in [1.29, 1.82) is 0 Å². The molecule has 9 nitrogen and oxygen atoms in total. The lowest BCUT2D eigenvalue weighted by molar-refractivity contribution is 0.0673. The van der Waals surface area contributed by atoms with Crippen LogP contribution in [-0.4, -0.2) is 43.6 Å². The average molecular weight is 455 g/mol. The van der Waals surface area contributed by atoms with Crippen LogP contribution in [0.5, 0.6) is 5.75 Å². The molecule has 1 aromatic heterocycles. The Morgan fingerprint density at radius 2 is 1.81 bits per heavy atom. The number of carbonyl (C=O) groups excluding carboxylic acids is 1. The predicted molar refractivity (Wildman–Crippen MR) is 118 cm³/mol. The van der Waals surface area contributed by atoms with Gasteiger partial charge in [0, 0.05) is 24.7 Å². The Morgan fingerprint density at radius 3 is 2.53 bits per heavy atom. The third-order valence-corrected chi connectivity index (χ3v) is 6.14. The van der Waals surface area contributed by atoms with Crippen LogP contribution in [0.3, 0.4) is 0 Å². The van der Waals surface area contributed by atoms with Gasteiger partial charge >= 0.3 is 0 Å². The number of nitrogens with one attached hydrogen (secondary N) is 2. The molecule has 0 spiro atoms.